The van der Waals surface area contributed by atoms with Gasteiger partial charge in [0.15, 0.2) is 11.6 Å². The molecule has 5 atom stereocenters. The molecule has 0 aliphatic carbocycles. The Hall–Kier alpha value is -2.66. The van der Waals surface area contributed by atoms with Crippen molar-refractivity contribution in [3.8, 4) is 0 Å². The molecule has 2 heterocycles. The van der Waals surface area contributed by atoms with Gasteiger partial charge in [-0.1, -0.05) is 50.9 Å². The molecule has 218 valence electrons. The number of amides is 2. The van der Waals surface area contributed by atoms with Crippen LogP contribution in [0.15, 0.2) is 30.3 Å². The number of carbonyl (C=O) groups is 2. The summed E-state index contributed by atoms with van der Waals surface area (Å²) in [6, 6.07) is 4.35. The van der Waals surface area contributed by atoms with Crippen LogP contribution in [-0.4, -0.2) is 65.3 Å². The van der Waals surface area contributed by atoms with Gasteiger partial charge in [0.25, 0.3) is 0 Å². The quantitative estimate of drug-likeness (QED) is 0.357. The van der Waals surface area contributed by atoms with E-state index >= 15 is 4.39 Å². The summed E-state index contributed by atoms with van der Waals surface area (Å²) in [5.41, 5.74) is -1.81. The molecule has 2 aliphatic heterocycles. The first-order valence-corrected chi connectivity index (χ1v) is 13.7. The van der Waals surface area contributed by atoms with Gasteiger partial charge in [0.2, 0.25) is 11.8 Å². The van der Waals surface area contributed by atoms with Gasteiger partial charge in [-0.3, -0.25) is 14.5 Å². The number of carbonyl (C=O) groups excluding carboxylic acids is 2. The molecule has 1 saturated heterocycles. The molecule has 2 aromatic carbocycles. The second kappa shape index (κ2) is 11.3. The Morgan fingerprint density at radius 1 is 1.25 bits per heavy atom. The summed E-state index contributed by atoms with van der Waals surface area (Å²) in [7, 11) is 1.67. The van der Waals surface area contributed by atoms with Crippen molar-refractivity contribution in [2.45, 2.75) is 69.6 Å². The predicted octanol–water partition coefficient (Wildman–Crippen LogP) is 4.10. The SMILES string of the molecule is CCC(C)(C)C[C@H]1N(C)[C@@H](C(=O)NCC[C@H](O)CO)[C@H](c2cccc(Cl)c2F)[C@@]12C(=O)Nc1cc(F)c(F)cc12. The van der Waals surface area contributed by atoms with Crippen molar-refractivity contribution in [1.82, 2.24) is 10.2 Å². The highest BCUT2D eigenvalue weighted by atomic mass is 35.5. The third-order valence-corrected chi connectivity index (χ3v) is 8.96. The van der Waals surface area contributed by atoms with Gasteiger partial charge in [-0.2, -0.15) is 0 Å². The number of aliphatic hydroxyl groups is 2. The molecule has 2 aromatic rings. The van der Waals surface area contributed by atoms with Crippen LogP contribution < -0.4 is 10.6 Å². The predicted molar refractivity (Wildman–Crippen MR) is 146 cm³/mol. The third-order valence-electron chi connectivity index (χ3n) is 8.67. The van der Waals surface area contributed by atoms with E-state index in [9.17, 15) is 23.5 Å². The number of likely N-dealkylation sites (N-methyl/N-ethyl adjacent to an activating group) is 1. The minimum atomic E-state index is -1.68. The fraction of sp³-hybridized carbons (Fsp3) is 0.517. The Kier molecular flexibility index (Phi) is 8.57. The van der Waals surface area contributed by atoms with Gasteiger partial charge >= 0.3 is 0 Å². The van der Waals surface area contributed by atoms with Crippen molar-refractivity contribution in [3.63, 3.8) is 0 Å². The molecular weight excluding hydrogens is 547 g/mol. The van der Waals surface area contributed by atoms with E-state index in [0.29, 0.717) is 12.8 Å². The lowest BCUT2D eigenvalue weighted by molar-refractivity contribution is -0.126. The number of halogens is 4. The van der Waals surface area contributed by atoms with Gasteiger partial charge in [-0.05, 0) is 48.6 Å². The van der Waals surface area contributed by atoms with Crippen LogP contribution in [0.2, 0.25) is 5.02 Å². The molecule has 4 N–H and O–H groups in total. The molecule has 7 nitrogen and oxygen atoms in total. The number of aliphatic hydroxyl groups excluding tert-OH is 2. The molecule has 4 rings (SSSR count). The molecule has 1 fully saturated rings. The van der Waals surface area contributed by atoms with Crippen LogP contribution in [-0.2, 0) is 15.0 Å². The first-order chi connectivity index (χ1) is 18.8. The maximum atomic E-state index is 15.8. The lowest BCUT2D eigenvalue weighted by atomic mass is 9.62. The summed E-state index contributed by atoms with van der Waals surface area (Å²) in [6.07, 6.45) is 0.112. The number of nitrogens with zero attached hydrogens (tertiary/aromatic N) is 1. The van der Waals surface area contributed by atoms with Crippen molar-refractivity contribution in [2.75, 3.05) is 25.5 Å². The van der Waals surface area contributed by atoms with Gasteiger partial charge in [-0.25, -0.2) is 13.2 Å². The van der Waals surface area contributed by atoms with Crippen LogP contribution in [0.3, 0.4) is 0 Å². The van der Waals surface area contributed by atoms with Crippen LogP contribution in [0.4, 0.5) is 18.9 Å². The number of rotatable bonds is 9. The fourth-order valence-electron chi connectivity index (χ4n) is 6.23. The minimum Gasteiger partial charge on any atom is -0.394 e. The van der Waals surface area contributed by atoms with Crippen molar-refractivity contribution in [3.05, 3.63) is 63.9 Å². The van der Waals surface area contributed by atoms with Gasteiger partial charge in [0.05, 0.1) is 23.8 Å². The van der Waals surface area contributed by atoms with Gasteiger partial charge in [0, 0.05) is 30.3 Å². The molecule has 0 unspecified atom stereocenters. The molecule has 0 bridgehead atoms. The van der Waals surface area contributed by atoms with Crippen LogP contribution >= 0.6 is 11.6 Å². The number of nitrogens with one attached hydrogen (secondary N) is 2. The Labute approximate surface area is 236 Å². The summed E-state index contributed by atoms with van der Waals surface area (Å²) in [5, 5.41) is 24.1. The summed E-state index contributed by atoms with van der Waals surface area (Å²) >= 11 is 6.18. The Morgan fingerprint density at radius 3 is 2.58 bits per heavy atom. The molecular formula is C29H35ClF3N3O4. The monoisotopic (exact) mass is 581 g/mol. The second-order valence-electron chi connectivity index (χ2n) is 11.5. The normalized spacial score (nSPS) is 25.2. The summed E-state index contributed by atoms with van der Waals surface area (Å²) < 4.78 is 45.0. The maximum Gasteiger partial charge on any atom is 0.238 e. The fourth-order valence-corrected chi connectivity index (χ4v) is 6.41. The number of hydrogen-bond acceptors (Lipinski definition) is 5. The molecule has 0 radical (unpaired) electrons. The lowest BCUT2D eigenvalue weighted by Crippen LogP contribution is -2.50. The highest BCUT2D eigenvalue weighted by Gasteiger charge is 2.68. The van der Waals surface area contributed by atoms with E-state index in [0.717, 1.165) is 12.1 Å². The molecule has 40 heavy (non-hydrogen) atoms. The lowest BCUT2D eigenvalue weighted by Gasteiger charge is -2.39. The topological polar surface area (TPSA) is 102 Å². The zero-order valence-electron chi connectivity index (χ0n) is 22.9. The standard InChI is InChI=1S/C29H35ClF3N3O4/c1-5-28(2,3)13-22-29(17-11-19(31)20(32)12-21(17)35-27(29)40)23(16-7-6-8-18(30)24(16)33)25(36(22)4)26(39)34-10-9-15(38)14-37/h6-8,11-12,15,22-23,25,37-38H,5,9-10,13-14H2,1-4H3,(H,34,39)(H,35,40)/t15-,22+,23-,25+,29-/m0/s1. The van der Waals surface area contributed by atoms with Crippen LogP contribution in [0, 0.1) is 22.9 Å². The Balaban J connectivity index is 1.98. The first-order valence-electron chi connectivity index (χ1n) is 13.3. The maximum absolute atomic E-state index is 15.8. The highest BCUT2D eigenvalue weighted by Crippen LogP contribution is 2.60. The van der Waals surface area contributed by atoms with E-state index in [1.54, 1.807) is 11.9 Å². The number of benzene rings is 2. The number of fused-ring (bicyclic) bond motifs is 2. The smallest absolute Gasteiger partial charge is 0.238 e. The number of anilines is 1. The van der Waals surface area contributed by atoms with E-state index < -0.39 is 65.4 Å². The molecule has 1 spiro atoms. The summed E-state index contributed by atoms with van der Waals surface area (Å²) in [6.45, 7) is 5.53. The molecule has 11 heteroatoms. The summed E-state index contributed by atoms with van der Waals surface area (Å²) in [4.78, 5) is 29.7. The average Bonchev–Trinajstić information content (AvgIpc) is 3.31. The first kappa shape index (κ1) is 30.3. The minimum absolute atomic E-state index is 0.000527. The molecule has 2 amide bonds. The zero-order valence-corrected chi connectivity index (χ0v) is 23.7. The van der Waals surface area contributed by atoms with E-state index in [2.05, 4.69) is 10.6 Å². The van der Waals surface area contributed by atoms with Crippen LogP contribution in [0.1, 0.15) is 57.1 Å². The average molecular weight is 582 g/mol. The van der Waals surface area contributed by atoms with E-state index in [-0.39, 0.29) is 40.2 Å². The number of hydrogen-bond donors (Lipinski definition) is 4. The van der Waals surface area contributed by atoms with Crippen molar-refractivity contribution in [2.24, 2.45) is 5.41 Å². The molecule has 0 aromatic heterocycles. The largest absolute Gasteiger partial charge is 0.394 e. The van der Waals surface area contributed by atoms with Crippen molar-refractivity contribution in [1.29, 1.82) is 0 Å². The summed E-state index contributed by atoms with van der Waals surface area (Å²) in [5.74, 6) is -5.43. The van der Waals surface area contributed by atoms with Crippen molar-refractivity contribution < 1.29 is 33.0 Å². The Morgan fingerprint density at radius 2 is 1.93 bits per heavy atom. The van der Waals surface area contributed by atoms with E-state index in [1.807, 2.05) is 20.8 Å². The highest BCUT2D eigenvalue weighted by molar-refractivity contribution is 6.30. The second-order valence-corrected chi connectivity index (χ2v) is 11.9. The Bertz CT molecular complexity index is 1310. The van der Waals surface area contributed by atoms with Gasteiger partial charge in [-0.15, -0.1) is 0 Å². The molecule has 2 aliphatic rings. The number of likely N-dealkylation sites (tertiary alicyclic amines) is 1. The van der Waals surface area contributed by atoms with Crippen LogP contribution in [0.25, 0.3) is 0 Å². The zero-order chi connectivity index (χ0) is 29.6. The van der Waals surface area contributed by atoms with Gasteiger partial charge in [0.1, 0.15) is 11.2 Å². The van der Waals surface area contributed by atoms with Crippen molar-refractivity contribution >= 4 is 29.1 Å². The van der Waals surface area contributed by atoms with Gasteiger partial charge < -0.3 is 20.8 Å². The third kappa shape index (κ3) is 5.00. The molecule has 0 saturated carbocycles. The van der Waals surface area contributed by atoms with E-state index in [4.69, 9.17) is 16.7 Å². The van der Waals surface area contributed by atoms with E-state index in [1.165, 1.54) is 18.2 Å². The van der Waals surface area contributed by atoms with Crippen LogP contribution in [0.5, 0.6) is 0 Å².